The average molecular weight is 221 g/mol. The molecule has 0 spiro atoms. The first kappa shape index (κ1) is 10.7. The molecule has 0 atom stereocenters. The van der Waals surface area contributed by atoms with E-state index in [0.29, 0.717) is 5.01 Å². The smallest absolute Gasteiger partial charge is 0.254 e. The van der Waals surface area contributed by atoms with Gasteiger partial charge in [0.2, 0.25) is 0 Å². The van der Waals surface area contributed by atoms with Crippen LogP contribution in [-0.2, 0) is 0 Å². The van der Waals surface area contributed by atoms with E-state index in [2.05, 4.69) is 0 Å². The van der Waals surface area contributed by atoms with Gasteiger partial charge in [0.05, 0.1) is 5.69 Å². The summed E-state index contributed by atoms with van der Waals surface area (Å²) in [4.78, 5) is 10.4. The molecule has 0 saturated heterocycles. The van der Waals surface area contributed by atoms with Crippen molar-refractivity contribution in [2.24, 2.45) is 0 Å². The number of benzene rings is 1. The second-order valence-corrected chi connectivity index (χ2v) is 2.71. The Morgan fingerprint density at radius 1 is 1.36 bits per heavy atom. The summed E-state index contributed by atoms with van der Waals surface area (Å²) in [6.07, 6.45) is 0. The fourth-order valence-corrected chi connectivity index (χ4v) is 1.00. The van der Waals surface area contributed by atoms with Crippen LogP contribution in [0.1, 0.15) is 0 Å². The average Bonchev–Trinajstić information content (AvgIpc) is 2.15. The summed E-state index contributed by atoms with van der Waals surface area (Å²) in [6, 6.07) is 7.68. The van der Waals surface area contributed by atoms with Gasteiger partial charge in [-0.15, -0.1) is 0 Å². The Morgan fingerprint density at radius 3 is 2.36 bits per heavy atom. The van der Waals surface area contributed by atoms with Gasteiger partial charge in [-0.25, -0.2) is 10.4 Å². The number of halogens is 3. The number of anilines is 1. The van der Waals surface area contributed by atoms with Crippen molar-refractivity contribution < 1.29 is 13.6 Å². The Hall–Kier alpha value is -1.36. The number of nitrogens with one attached hydrogen (secondary N) is 1. The Labute approximate surface area is 84.2 Å². The maximum atomic E-state index is 12.4. The Morgan fingerprint density at radius 2 is 1.93 bits per heavy atom. The predicted molar refractivity (Wildman–Crippen MR) is 49.3 cm³/mol. The van der Waals surface area contributed by atoms with Crippen molar-refractivity contribution in [3.63, 3.8) is 0 Å². The first-order chi connectivity index (χ1) is 6.61. The molecule has 0 fully saturated rings. The van der Waals surface area contributed by atoms with Crippen molar-refractivity contribution >= 4 is 22.7 Å². The first-order valence-electron chi connectivity index (χ1n) is 3.70. The zero-order valence-electron chi connectivity index (χ0n) is 6.95. The van der Waals surface area contributed by atoms with Crippen LogP contribution in [0.15, 0.2) is 30.3 Å². The molecule has 1 amide bonds. The van der Waals surface area contributed by atoms with Gasteiger partial charge in [0.15, 0.2) is 0 Å². The molecule has 3 nitrogen and oxygen atoms in total. The summed E-state index contributed by atoms with van der Waals surface area (Å²) in [6.45, 7) is -2.85. The molecule has 0 aliphatic rings. The summed E-state index contributed by atoms with van der Waals surface area (Å²) >= 11 is 4.94. The lowest BCUT2D eigenvalue weighted by Crippen LogP contribution is -2.43. The SMILES string of the molecule is O=C(Cl)NN(c1ccccc1)C(F)F. The Balaban J connectivity index is 2.83. The molecule has 14 heavy (non-hydrogen) atoms. The molecule has 76 valence electrons. The van der Waals surface area contributed by atoms with E-state index >= 15 is 0 Å². The highest BCUT2D eigenvalue weighted by molar-refractivity contribution is 6.63. The van der Waals surface area contributed by atoms with Crippen LogP contribution in [-0.4, -0.2) is 11.9 Å². The monoisotopic (exact) mass is 220 g/mol. The number of alkyl halides is 2. The molecular weight excluding hydrogens is 214 g/mol. The lowest BCUT2D eigenvalue weighted by Gasteiger charge is -2.22. The van der Waals surface area contributed by atoms with E-state index in [0.717, 1.165) is 0 Å². The van der Waals surface area contributed by atoms with Crippen molar-refractivity contribution in [2.75, 3.05) is 5.01 Å². The van der Waals surface area contributed by atoms with Crippen LogP contribution in [0.25, 0.3) is 0 Å². The number of carbonyl (C=O) groups excluding carboxylic acids is 1. The number of carbonyl (C=O) groups is 1. The minimum absolute atomic E-state index is 0.163. The summed E-state index contributed by atoms with van der Waals surface area (Å²) in [5.41, 5.74) is 1.97. The molecule has 0 saturated carbocycles. The second kappa shape index (κ2) is 4.76. The molecule has 6 heteroatoms. The van der Waals surface area contributed by atoms with Crippen LogP contribution >= 0.6 is 11.6 Å². The van der Waals surface area contributed by atoms with Gasteiger partial charge in [-0.2, -0.15) is 8.78 Å². The molecule has 0 unspecified atom stereocenters. The molecule has 0 aromatic heterocycles. The third kappa shape index (κ3) is 2.85. The fourth-order valence-electron chi connectivity index (χ4n) is 0.909. The van der Waals surface area contributed by atoms with Crippen molar-refractivity contribution in [2.45, 2.75) is 6.55 Å². The number of hydrazine groups is 1. The molecule has 1 aromatic carbocycles. The third-order valence-corrected chi connectivity index (χ3v) is 1.52. The Bertz CT molecular complexity index is 307. The van der Waals surface area contributed by atoms with Crippen LogP contribution in [0.4, 0.5) is 19.3 Å². The van der Waals surface area contributed by atoms with Crippen LogP contribution in [0.3, 0.4) is 0 Å². The minimum atomic E-state index is -2.85. The van der Waals surface area contributed by atoms with E-state index in [1.807, 2.05) is 0 Å². The number of amides is 1. The van der Waals surface area contributed by atoms with Gasteiger partial charge in [-0.05, 0) is 23.7 Å². The second-order valence-electron chi connectivity index (χ2n) is 2.37. The normalized spacial score (nSPS) is 10.0. The lowest BCUT2D eigenvalue weighted by atomic mass is 10.3. The summed E-state index contributed by atoms with van der Waals surface area (Å²) in [5, 5.41) is -0.677. The Kier molecular flexibility index (Phi) is 3.64. The quantitative estimate of drug-likeness (QED) is 0.482. The highest BCUT2D eigenvalue weighted by Gasteiger charge is 2.17. The summed E-state index contributed by atoms with van der Waals surface area (Å²) < 4.78 is 24.8. The van der Waals surface area contributed by atoms with Crippen molar-refractivity contribution in [1.82, 2.24) is 5.43 Å². The van der Waals surface area contributed by atoms with Gasteiger partial charge in [0, 0.05) is 0 Å². The van der Waals surface area contributed by atoms with E-state index in [1.54, 1.807) is 23.6 Å². The molecule has 0 heterocycles. The molecule has 0 aliphatic carbocycles. The predicted octanol–water partition coefficient (Wildman–Crippen LogP) is 2.58. The van der Waals surface area contributed by atoms with E-state index in [9.17, 15) is 13.6 Å². The maximum Gasteiger partial charge on any atom is 0.332 e. The number of para-hydroxylation sites is 1. The molecule has 0 radical (unpaired) electrons. The minimum Gasteiger partial charge on any atom is -0.254 e. The van der Waals surface area contributed by atoms with E-state index in [4.69, 9.17) is 11.6 Å². The van der Waals surface area contributed by atoms with Gasteiger partial charge < -0.3 is 0 Å². The number of hydrogen-bond acceptors (Lipinski definition) is 2. The lowest BCUT2D eigenvalue weighted by molar-refractivity contribution is 0.132. The molecule has 1 N–H and O–H groups in total. The largest absolute Gasteiger partial charge is 0.332 e. The molecular formula is C8H7ClF2N2O. The van der Waals surface area contributed by atoms with E-state index < -0.39 is 11.9 Å². The van der Waals surface area contributed by atoms with Gasteiger partial charge >= 0.3 is 11.9 Å². The molecule has 0 aliphatic heterocycles. The third-order valence-electron chi connectivity index (χ3n) is 1.44. The van der Waals surface area contributed by atoms with E-state index in [-0.39, 0.29) is 5.69 Å². The number of rotatable bonds is 3. The summed E-state index contributed by atoms with van der Waals surface area (Å²) in [7, 11) is 0. The zero-order chi connectivity index (χ0) is 10.6. The molecule has 0 bridgehead atoms. The van der Waals surface area contributed by atoms with Crippen molar-refractivity contribution in [3.05, 3.63) is 30.3 Å². The van der Waals surface area contributed by atoms with Crippen LogP contribution in [0, 0.1) is 0 Å². The standard InChI is InChI=1S/C8H7ClF2N2O/c9-7(14)12-13(8(10)11)6-4-2-1-3-5-6/h1-5,8H,(H,12,14). The number of hydrogen-bond donors (Lipinski definition) is 1. The highest BCUT2D eigenvalue weighted by atomic mass is 35.5. The van der Waals surface area contributed by atoms with E-state index in [1.165, 1.54) is 12.1 Å². The van der Waals surface area contributed by atoms with Gasteiger partial charge in [-0.3, -0.25) is 4.79 Å². The molecule has 1 aromatic rings. The molecule has 1 rings (SSSR count). The first-order valence-corrected chi connectivity index (χ1v) is 4.07. The number of nitrogens with zero attached hydrogens (tertiary/aromatic N) is 1. The maximum absolute atomic E-state index is 12.4. The topological polar surface area (TPSA) is 32.3 Å². The van der Waals surface area contributed by atoms with Crippen molar-refractivity contribution in [3.8, 4) is 0 Å². The van der Waals surface area contributed by atoms with Crippen LogP contribution in [0.5, 0.6) is 0 Å². The fraction of sp³-hybridized carbons (Fsp3) is 0.125. The zero-order valence-corrected chi connectivity index (χ0v) is 7.71. The van der Waals surface area contributed by atoms with Gasteiger partial charge in [-0.1, -0.05) is 18.2 Å². The highest BCUT2D eigenvalue weighted by Crippen LogP contribution is 2.15. The van der Waals surface area contributed by atoms with Crippen LogP contribution in [0.2, 0.25) is 0 Å². The van der Waals surface area contributed by atoms with Crippen LogP contribution < -0.4 is 10.4 Å². The van der Waals surface area contributed by atoms with Gasteiger partial charge in [0.25, 0.3) is 0 Å². The summed E-state index contributed by atoms with van der Waals surface area (Å²) in [5.74, 6) is 0. The van der Waals surface area contributed by atoms with Crippen molar-refractivity contribution in [1.29, 1.82) is 0 Å². The van der Waals surface area contributed by atoms with Gasteiger partial charge in [0.1, 0.15) is 0 Å².